The molecule has 2 aromatic carbocycles. The normalized spacial score (nSPS) is 11.3. The number of aryl methyl sites for hydroxylation is 1. The number of hydrogen-bond donors (Lipinski definition) is 1. The second kappa shape index (κ2) is 5.91. The van der Waals surface area contributed by atoms with E-state index in [0.29, 0.717) is 11.6 Å². The van der Waals surface area contributed by atoms with Crippen LogP contribution in [0.3, 0.4) is 0 Å². The van der Waals surface area contributed by atoms with Crippen molar-refractivity contribution in [3.05, 3.63) is 60.4 Å². The molecule has 5 aromatic rings. The van der Waals surface area contributed by atoms with E-state index in [2.05, 4.69) is 44.3 Å². The average Bonchev–Trinajstić information content (AvgIpc) is 3.32. The first-order valence-corrected chi connectivity index (χ1v) is 8.53. The van der Waals surface area contributed by atoms with Gasteiger partial charge in [-0.05, 0) is 36.8 Å². The van der Waals surface area contributed by atoms with Crippen molar-refractivity contribution < 1.29 is 4.74 Å². The van der Waals surface area contributed by atoms with Crippen LogP contribution in [0.2, 0.25) is 0 Å². The third-order valence-corrected chi connectivity index (χ3v) is 4.57. The Morgan fingerprint density at radius 3 is 2.67 bits per heavy atom. The molecule has 132 valence electrons. The fourth-order valence-electron chi connectivity index (χ4n) is 3.14. The summed E-state index contributed by atoms with van der Waals surface area (Å²) in [5.74, 6) is 1.24. The molecular weight excluding hydrogens is 340 g/mol. The summed E-state index contributed by atoms with van der Waals surface area (Å²) in [5.41, 5.74) is 5.63. The fourth-order valence-corrected chi connectivity index (χ4v) is 3.14. The quantitative estimate of drug-likeness (QED) is 0.533. The second-order valence-electron chi connectivity index (χ2n) is 6.39. The van der Waals surface area contributed by atoms with Crippen molar-refractivity contribution in [1.29, 1.82) is 0 Å². The molecule has 0 unspecified atom stereocenters. The fraction of sp³-hybridized carbons (Fsp3) is 0.100. The third kappa shape index (κ3) is 2.60. The molecule has 0 amide bonds. The standard InChI is InChI=1S/C20H16N6O/c1-12-3-8-17-16(9-12)18-19(22-17)23-20(25-24-18)26-11-14(10-21-26)13-4-6-15(27-2)7-5-13/h3-11H,1-2H3,(H,22,23,25). The van der Waals surface area contributed by atoms with Crippen LogP contribution < -0.4 is 4.74 Å². The molecule has 3 aromatic heterocycles. The Labute approximate surface area is 154 Å². The minimum absolute atomic E-state index is 0.422. The zero-order chi connectivity index (χ0) is 18.4. The molecule has 0 atom stereocenters. The van der Waals surface area contributed by atoms with Crippen LogP contribution in [0.25, 0.3) is 39.1 Å². The average molecular weight is 356 g/mol. The molecule has 5 rings (SSSR count). The van der Waals surface area contributed by atoms with Crippen LogP contribution in [0.1, 0.15) is 5.56 Å². The van der Waals surface area contributed by atoms with Gasteiger partial charge in [-0.1, -0.05) is 23.8 Å². The van der Waals surface area contributed by atoms with Crippen LogP contribution in [-0.4, -0.2) is 37.1 Å². The molecular formula is C20H16N6O. The first-order valence-electron chi connectivity index (χ1n) is 8.53. The summed E-state index contributed by atoms with van der Waals surface area (Å²) >= 11 is 0. The lowest BCUT2D eigenvalue weighted by atomic mass is 10.1. The molecule has 0 bridgehead atoms. The molecule has 0 aliphatic heterocycles. The summed E-state index contributed by atoms with van der Waals surface area (Å²) in [7, 11) is 1.65. The van der Waals surface area contributed by atoms with Gasteiger partial charge in [-0.2, -0.15) is 10.1 Å². The van der Waals surface area contributed by atoms with E-state index in [1.165, 1.54) is 5.56 Å². The van der Waals surface area contributed by atoms with Gasteiger partial charge < -0.3 is 9.72 Å². The molecule has 7 nitrogen and oxygen atoms in total. The summed E-state index contributed by atoms with van der Waals surface area (Å²) in [6, 6.07) is 14.0. The summed E-state index contributed by atoms with van der Waals surface area (Å²) < 4.78 is 6.83. The Hall–Kier alpha value is -3.74. The number of H-pyrrole nitrogens is 1. The number of rotatable bonds is 3. The molecule has 3 heterocycles. The summed E-state index contributed by atoms with van der Waals surface area (Å²) in [5, 5.41) is 14.0. The van der Waals surface area contributed by atoms with Crippen LogP contribution >= 0.6 is 0 Å². The van der Waals surface area contributed by atoms with Crippen molar-refractivity contribution in [1.82, 2.24) is 29.9 Å². The Balaban J connectivity index is 1.55. The van der Waals surface area contributed by atoms with Crippen LogP contribution in [0.5, 0.6) is 5.75 Å². The van der Waals surface area contributed by atoms with Gasteiger partial charge in [0.1, 0.15) is 11.3 Å². The summed E-state index contributed by atoms with van der Waals surface area (Å²) in [6.07, 6.45) is 3.67. The van der Waals surface area contributed by atoms with Crippen LogP contribution in [0, 0.1) is 6.92 Å². The molecule has 1 N–H and O–H groups in total. The predicted molar refractivity (Wildman–Crippen MR) is 103 cm³/mol. The maximum absolute atomic E-state index is 5.20. The van der Waals surface area contributed by atoms with Crippen molar-refractivity contribution in [3.63, 3.8) is 0 Å². The van der Waals surface area contributed by atoms with Crippen LogP contribution in [-0.2, 0) is 0 Å². The maximum Gasteiger partial charge on any atom is 0.272 e. The van der Waals surface area contributed by atoms with E-state index in [1.54, 1.807) is 18.0 Å². The number of ether oxygens (including phenoxy) is 1. The Morgan fingerprint density at radius 1 is 1.00 bits per heavy atom. The smallest absolute Gasteiger partial charge is 0.272 e. The maximum atomic E-state index is 5.20. The summed E-state index contributed by atoms with van der Waals surface area (Å²) in [6.45, 7) is 2.05. The predicted octanol–water partition coefficient (Wildman–Crippen LogP) is 3.68. The van der Waals surface area contributed by atoms with Gasteiger partial charge >= 0.3 is 0 Å². The van der Waals surface area contributed by atoms with Gasteiger partial charge in [-0.15, -0.1) is 10.2 Å². The molecule has 0 radical (unpaired) electrons. The monoisotopic (exact) mass is 356 g/mol. The topological polar surface area (TPSA) is 81.5 Å². The number of aromatic nitrogens is 6. The molecule has 0 aliphatic carbocycles. The number of fused-ring (bicyclic) bond motifs is 3. The van der Waals surface area contributed by atoms with Gasteiger partial charge in [0.15, 0.2) is 5.65 Å². The Bertz CT molecular complexity index is 1270. The minimum atomic E-state index is 0.422. The highest BCUT2D eigenvalue weighted by atomic mass is 16.5. The molecule has 0 fully saturated rings. The van der Waals surface area contributed by atoms with Gasteiger partial charge in [0.2, 0.25) is 0 Å². The first kappa shape index (κ1) is 15.5. The number of methoxy groups -OCH3 is 1. The van der Waals surface area contributed by atoms with Gasteiger partial charge in [0.05, 0.1) is 13.3 Å². The highest BCUT2D eigenvalue weighted by Gasteiger charge is 2.11. The SMILES string of the molecule is COc1ccc(-c2cnn(-c3nnc4c(n3)[nH]c3ccc(C)cc34)c2)cc1. The lowest BCUT2D eigenvalue weighted by Crippen LogP contribution is -2.03. The molecule has 0 saturated carbocycles. The van der Waals surface area contributed by atoms with E-state index < -0.39 is 0 Å². The molecule has 0 saturated heterocycles. The molecule has 7 heteroatoms. The molecule has 0 aliphatic rings. The van der Waals surface area contributed by atoms with Gasteiger partial charge in [0, 0.05) is 22.7 Å². The van der Waals surface area contributed by atoms with E-state index in [1.807, 2.05) is 36.5 Å². The Kier molecular flexibility index (Phi) is 3.39. The third-order valence-electron chi connectivity index (χ3n) is 4.57. The lowest BCUT2D eigenvalue weighted by Gasteiger charge is -2.01. The van der Waals surface area contributed by atoms with E-state index in [9.17, 15) is 0 Å². The van der Waals surface area contributed by atoms with Crippen molar-refractivity contribution in [2.45, 2.75) is 6.92 Å². The number of aromatic amines is 1. The van der Waals surface area contributed by atoms with E-state index in [-0.39, 0.29) is 0 Å². The largest absolute Gasteiger partial charge is 0.497 e. The highest BCUT2D eigenvalue weighted by molar-refractivity contribution is 6.03. The van der Waals surface area contributed by atoms with E-state index in [0.717, 1.165) is 33.3 Å². The van der Waals surface area contributed by atoms with Crippen molar-refractivity contribution in [2.75, 3.05) is 7.11 Å². The van der Waals surface area contributed by atoms with E-state index >= 15 is 0 Å². The first-order chi connectivity index (χ1) is 13.2. The van der Waals surface area contributed by atoms with E-state index in [4.69, 9.17) is 4.74 Å². The van der Waals surface area contributed by atoms with Gasteiger partial charge in [-0.3, -0.25) is 0 Å². The van der Waals surface area contributed by atoms with Crippen molar-refractivity contribution in [2.24, 2.45) is 0 Å². The van der Waals surface area contributed by atoms with Crippen LogP contribution in [0.15, 0.2) is 54.9 Å². The number of hydrogen-bond acceptors (Lipinski definition) is 5. The molecule has 27 heavy (non-hydrogen) atoms. The van der Waals surface area contributed by atoms with Gasteiger partial charge in [-0.25, -0.2) is 4.68 Å². The number of nitrogens with one attached hydrogen (secondary N) is 1. The zero-order valence-corrected chi connectivity index (χ0v) is 14.8. The highest BCUT2D eigenvalue weighted by Crippen LogP contribution is 2.25. The van der Waals surface area contributed by atoms with Crippen LogP contribution in [0.4, 0.5) is 0 Å². The lowest BCUT2D eigenvalue weighted by molar-refractivity contribution is 0.415. The minimum Gasteiger partial charge on any atom is -0.497 e. The molecule has 0 spiro atoms. The number of nitrogens with zero attached hydrogens (tertiary/aromatic N) is 5. The van der Waals surface area contributed by atoms with Gasteiger partial charge in [0.25, 0.3) is 5.95 Å². The summed E-state index contributed by atoms with van der Waals surface area (Å²) in [4.78, 5) is 7.90. The van der Waals surface area contributed by atoms with Crippen molar-refractivity contribution in [3.8, 4) is 22.8 Å². The Morgan fingerprint density at radius 2 is 1.85 bits per heavy atom. The second-order valence-corrected chi connectivity index (χ2v) is 6.39. The number of benzene rings is 2. The zero-order valence-electron chi connectivity index (χ0n) is 14.8. The van der Waals surface area contributed by atoms with Crippen molar-refractivity contribution >= 4 is 22.1 Å².